The Kier molecular flexibility index (Phi) is 9.17. The first-order valence-electron chi connectivity index (χ1n) is 9.83. The summed E-state index contributed by atoms with van der Waals surface area (Å²) in [6, 6.07) is 1.85. The number of piperazine rings is 1. The maximum Gasteiger partial charge on any atom is 0.225 e. The van der Waals surface area contributed by atoms with E-state index in [2.05, 4.69) is 49.1 Å². The predicted octanol–water partition coefficient (Wildman–Crippen LogP) is 1.69. The fraction of sp³-hybridized carbons (Fsp3) is 0.737. The number of guanidine groups is 1. The minimum Gasteiger partial charge on any atom is -0.356 e. The zero-order valence-corrected chi connectivity index (χ0v) is 16.7. The number of unbranched alkanes of at least 4 members (excludes halogenated alkanes) is 4. The second-order valence-corrected chi connectivity index (χ2v) is 7.07. The van der Waals surface area contributed by atoms with Crippen molar-refractivity contribution in [2.24, 2.45) is 4.99 Å². The van der Waals surface area contributed by atoms with Gasteiger partial charge in [-0.1, -0.05) is 19.3 Å². The van der Waals surface area contributed by atoms with Crippen LogP contribution in [-0.2, 0) is 0 Å². The van der Waals surface area contributed by atoms with E-state index in [0.717, 1.165) is 44.6 Å². The summed E-state index contributed by atoms with van der Waals surface area (Å²) in [5, 5.41) is 3.52. The molecule has 0 unspecified atom stereocenters. The van der Waals surface area contributed by atoms with Crippen LogP contribution in [0.25, 0.3) is 0 Å². The van der Waals surface area contributed by atoms with Crippen molar-refractivity contribution < 1.29 is 0 Å². The molecule has 26 heavy (non-hydrogen) atoms. The average molecular weight is 362 g/mol. The summed E-state index contributed by atoms with van der Waals surface area (Å²) in [6.45, 7) is 5.95. The van der Waals surface area contributed by atoms with Crippen molar-refractivity contribution in [2.45, 2.75) is 32.1 Å². The van der Waals surface area contributed by atoms with Gasteiger partial charge in [0.25, 0.3) is 0 Å². The van der Waals surface area contributed by atoms with Gasteiger partial charge in [-0.3, -0.25) is 4.99 Å². The molecule has 0 spiro atoms. The normalized spacial score (nSPS) is 15.6. The number of hydrogen-bond donors (Lipinski definition) is 1. The Morgan fingerprint density at radius 1 is 1.04 bits per heavy atom. The van der Waals surface area contributed by atoms with Gasteiger partial charge in [0.05, 0.1) is 0 Å². The van der Waals surface area contributed by atoms with E-state index in [0.29, 0.717) is 0 Å². The van der Waals surface area contributed by atoms with Gasteiger partial charge in [0.2, 0.25) is 5.95 Å². The van der Waals surface area contributed by atoms with Crippen LogP contribution in [0.2, 0.25) is 0 Å². The monoisotopic (exact) mass is 361 g/mol. The van der Waals surface area contributed by atoms with Crippen molar-refractivity contribution in [3.8, 4) is 0 Å². The van der Waals surface area contributed by atoms with Gasteiger partial charge in [-0.2, -0.15) is 0 Å². The Hall–Kier alpha value is -1.89. The van der Waals surface area contributed by atoms with Crippen molar-refractivity contribution >= 4 is 11.9 Å². The first kappa shape index (κ1) is 20.4. The highest BCUT2D eigenvalue weighted by Crippen LogP contribution is 2.10. The molecule has 1 saturated heterocycles. The molecule has 7 nitrogen and oxygen atoms in total. The van der Waals surface area contributed by atoms with Gasteiger partial charge in [0, 0.05) is 52.2 Å². The lowest BCUT2D eigenvalue weighted by Crippen LogP contribution is -2.53. The lowest BCUT2D eigenvalue weighted by molar-refractivity contribution is 0.369. The summed E-state index contributed by atoms with van der Waals surface area (Å²) >= 11 is 0. The molecule has 0 atom stereocenters. The standard InChI is InChI=1S/C19H35N7/c1-20-18(21-10-7-5-4-6-8-13-24(2)3)25-14-16-26(17-15-25)19-22-11-9-12-23-19/h9,11-12H,4-8,10,13-17H2,1-3H3,(H,20,21). The summed E-state index contributed by atoms with van der Waals surface area (Å²) in [4.78, 5) is 20.0. The Morgan fingerprint density at radius 2 is 1.69 bits per heavy atom. The number of anilines is 1. The molecule has 1 aliphatic heterocycles. The number of hydrogen-bond acceptors (Lipinski definition) is 5. The molecule has 0 aromatic carbocycles. The maximum absolute atomic E-state index is 4.45. The molecule has 1 aromatic rings. The van der Waals surface area contributed by atoms with Crippen LogP contribution in [0.5, 0.6) is 0 Å². The third kappa shape index (κ3) is 7.15. The van der Waals surface area contributed by atoms with Crippen LogP contribution in [-0.4, -0.2) is 86.1 Å². The lowest BCUT2D eigenvalue weighted by atomic mass is 10.1. The molecule has 1 N–H and O–H groups in total. The lowest BCUT2D eigenvalue weighted by Gasteiger charge is -2.36. The van der Waals surface area contributed by atoms with E-state index in [1.807, 2.05) is 13.1 Å². The molecule has 2 heterocycles. The molecular formula is C19H35N7. The summed E-state index contributed by atoms with van der Waals surface area (Å²) < 4.78 is 0. The van der Waals surface area contributed by atoms with Crippen LogP contribution in [0, 0.1) is 0 Å². The first-order chi connectivity index (χ1) is 12.7. The fourth-order valence-electron chi connectivity index (χ4n) is 3.19. The molecule has 0 radical (unpaired) electrons. The van der Waals surface area contributed by atoms with Gasteiger partial charge < -0.3 is 20.0 Å². The molecule has 2 rings (SSSR count). The molecule has 0 amide bonds. The predicted molar refractivity (Wildman–Crippen MR) is 109 cm³/mol. The average Bonchev–Trinajstić information content (AvgIpc) is 2.67. The third-order valence-corrected chi connectivity index (χ3v) is 4.69. The van der Waals surface area contributed by atoms with Crippen LogP contribution in [0.1, 0.15) is 32.1 Å². The molecule has 7 heteroatoms. The second kappa shape index (κ2) is 11.7. The molecule has 1 aromatic heterocycles. The molecule has 146 valence electrons. The van der Waals surface area contributed by atoms with Crippen molar-refractivity contribution in [3.05, 3.63) is 18.5 Å². The summed E-state index contributed by atoms with van der Waals surface area (Å²) in [5.74, 6) is 1.84. The van der Waals surface area contributed by atoms with E-state index in [1.54, 1.807) is 12.4 Å². The van der Waals surface area contributed by atoms with E-state index in [-0.39, 0.29) is 0 Å². The smallest absolute Gasteiger partial charge is 0.225 e. The van der Waals surface area contributed by atoms with Gasteiger partial charge in [-0.15, -0.1) is 0 Å². The van der Waals surface area contributed by atoms with Gasteiger partial charge >= 0.3 is 0 Å². The van der Waals surface area contributed by atoms with Crippen LogP contribution in [0.4, 0.5) is 5.95 Å². The fourth-order valence-corrected chi connectivity index (χ4v) is 3.19. The molecule has 0 saturated carbocycles. The Labute approximate surface area is 158 Å². The van der Waals surface area contributed by atoms with E-state index in [1.165, 1.54) is 38.6 Å². The van der Waals surface area contributed by atoms with E-state index in [9.17, 15) is 0 Å². The van der Waals surface area contributed by atoms with Gasteiger partial charge in [-0.25, -0.2) is 9.97 Å². The number of nitrogens with one attached hydrogen (secondary N) is 1. The van der Waals surface area contributed by atoms with Crippen LogP contribution in [0.3, 0.4) is 0 Å². The quantitative estimate of drug-likeness (QED) is 0.410. The van der Waals surface area contributed by atoms with Crippen LogP contribution < -0.4 is 10.2 Å². The first-order valence-corrected chi connectivity index (χ1v) is 9.83. The number of aliphatic imine (C=N–C) groups is 1. The van der Waals surface area contributed by atoms with Crippen molar-refractivity contribution in [1.82, 2.24) is 25.1 Å². The van der Waals surface area contributed by atoms with Crippen molar-refractivity contribution in [1.29, 1.82) is 0 Å². The Morgan fingerprint density at radius 3 is 2.35 bits per heavy atom. The SMILES string of the molecule is CN=C(NCCCCCCCN(C)C)N1CCN(c2ncccn2)CC1. The molecule has 0 bridgehead atoms. The number of nitrogens with zero attached hydrogens (tertiary/aromatic N) is 6. The van der Waals surface area contributed by atoms with Crippen LogP contribution in [0.15, 0.2) is 23.5 Å². The van der Waals surface area contributed by atoms with Gasteiger partial charge in [0.15, 0.2) is 5.96 Å². The largest absolute Gasteiger partial charge is 0.356 e. The van der Waals surface area contributed by atoms with E-state index < -0.39 is 0 Å². The minimum absolute atomic E-state index is 0.823. The molecular weight excluding hydrogens is 326 g/mol. The highest BCUT2D eigenvalue weighted by atomic mass is 15.4. The molecule has 0 aliphatic carbocycles. The zero-order valence-electron chi connectivity index (χ0n) is 16.7. The maximum atomic E-state index is 4.45. The molecule has 1 aliphatic rings. The third-order valence-electron chi connectivity index (χ3n) is 4.69. The Bertz CT molecular complexity index is 510. The number of aromatic nitrogens is 2. The highest BCUT2D eigenvalue weighted by molar-refractivity contribution is 5.80. The van der Waals surface area contributed by atoms with Crippen molar-refractivity contribution in [2.75, 3.05) is 65.3 Å². The van der Waals surface area contributed by atoms with Gasteiger partial charge in [0.1, 0.15) is 0 Å². The number of rotatable bonds is 9. The van der Waals surface area contributed by atoms with Crippen LogP contribution >= 0.6 is 0 Å². The summed E-state index contributed by atoms with van der Waals surface area (Å²) in [5.41, 5.74) is 0. The molecule has 1 fully saturated rings. The Balaban J connectivity index is 1.59. The highest BCUT2D eigenvalue weighted by Gasteiger charge is 2.20. The van der Waals surface area contributed by atoms with E-state index >= 15 is 0 Å². The topological polar surface area (TPSA) is 59.9 Å². The minimum atomic E-state index is 0.823. The zero-order chi connectivity index (χ0) is 18.6. The summed E-state index contributed by atoms with van der Waals surface area (Å²) in [6.07, 6.45) is 10.1. The second-order valence-electron chi connectivity index (χ2n) is 7.07. The summed E-state index contributed by atoms with van der Waals surface area (Å²) in [7, 11) is 6.15. The van der Waals surface area contributed by atoms with E-state index in [4.69, 9.17) is 0 Å². The van der Waals surface area contributed by atoms with Crippen molar-refractivity contribution in [3.63, 3.8) is 0 Å². The van der Waals surface area contributed by atoms with Gasteiger partial charge in [-0.05, 0) is 39.5 Å².